The number of aryl methyl sites for hydroxylation is 2. The molecule has 0 radical (unpaired) electrons. The van der Waals surface area contributed by atoms with E-state index in [1.807, 2.05) is 13.1 Å². The molecule has 5 rings (SSSR count). The first kappa shape index (κ1) is 31.3. The highest BCUT2D eigenvalue weighted by molar-refractivity contribution is 6.05. The van der Waals surface area contributed by atoms with Gasteiger partial charge in [0.05, 0.1) is 17.5 Å². The van der Waals surface area contributed by atoms with E-state index < -0.39 is 18.5 Å². The molecule has 218 valence electrons. The Kier molecular flexibility index (Phi) is 11.7. The predicted molar refractivity (Wildman–Crippen MR) is 152 cm³/mol. The van der Waals surface area contributed by atoms with Gasteiger partial charge in [-0.15, -0.1) is 13.2 Å². The van der Waals surface area contributed by atoms with Crippen LogP contribution >= 0.6 is 0 Å². The van der Waals surface area contributed by atoms with E-state index in [-0.39, 0.29) is 6.42 Å². The Morgan fingerprint density at radius 2 is 1.85 bits per heavy atom. The average Bonchev–Trinajstić information content (AvgIpc) is 3.21. The number of primary amides is 1. The molecule has 0 bridgehead atoms. The molecule has 1 saturated carbocycles. The van der Waals surface area contributed by atoms with Gasteiger partial charge in [-0.1, -0.05) is 38.2 Å². The number of nitrogens with zero attached hydrogens (tertiary/aromatic N) is 5. The molecule has 1 aliphatic carbocycles. The largest absolute Gasteiger partial charge is 0.389 e. The van der Waals surface area contributed by atoms with E-state index in [2.05, 4.69) is 33.1 Å². The molecule has 0 saturated heterocycles. The molecule has 2 aromatic heterocycles. The number of hydrogen-bond acceptors (Lipinski definition) is 5. The first-order valence-electron chi connectivity index (χ1n) is 14.0. The maximum absolute atomic E-state index is 12.4. The number of benzene rings is 1. The summed E-state index contributed by atoms with van der Waals surface area (Å²) in [5.74, 6) is 0.790. The summed E-state index contributed by atoms with van der Waals surface area (Å²) >= 11 is 0. The Bertz CT molecular complexity index is 1240. The van der Waals surface area contributed by atoms with Crippen LogP contribution in [0.25, 0.3) is 10.9 Å². The average molecular weight is 559 g/mol. The summed E-state index contributed by atoms with van der Waals surface area (Å²) in [5, 5.41) is 4.97. The van der Waals surface area contributed by atoms with Crippen molar-refractivity contribution in [3.63, 3.8) is 0 Å². The summed E-state index contributed by atoms with van der Waals surface area (Å²) < 4.78 is 38.8. The van der Waals surface area contributed by atoms with Gasteiger partial charge < -0.3 is 10.6 Å². The summed E-state index contributed by atoms with van der Waals surface area (Å²) in [6.07, 6.45) is 8.33. The second-order valence-electron chi connectivity index (χ2n) is 10.4. The van der Waals surface area contributed by atoms with E-state index in [0.717, 1.165) is 60.6 Å². The molecule has 1 aliphatic heterocycles. The number of nitrogens with two attached hydrogens (primary N) is 1. The SMILES string of the molecule is C=C.Cn1cc2c(C(N)=O)cccc2n1.FC(F)(F)CCc1ncc2c(n1)CCN(CCC1CCCCC1)CC2. The van der Waals surface area contributed by atoms with Gasteiger partial charge in [-0.2, -0.15) is 18.3 Å². The maximum atomic E-state index is 12.4. The van der Waals surface area contributed by atoms with Gasteiger partial charge in [-0.05, 0) is 43.0 Å². The van der Waals surface area contributed by atoms with E-state index in [4.69, 9.17) is 5.73 Å². The van der Waals surface area contributed by atoms with Crippen molar-refractivity contribution < 1.29 is 18.0 Å². The van der Waals surface area contributed by atoms with Crippen LogP contribution in [0.5, 0.6) is 0 Å². The summed E-state index contributed by atoms with van der Waals surface area (Å²) in [7, 11) is 1.81. The van der Waals surface area contributed by atoms with Gasteiger partial charge in [0.25, 0.3) is 0 Å². The number of rotatable bonds is 6. The minimum absolute atomic E-state index is 0.123. The molecule has 2 N–H and O–H groups in total. The number of amides is 1. The summed E-state index contributed by atoms with van der Waals surface area (Å²) in [6, 6.07) is 5.32. The molecule has 3 heterocycles. The smallest absolute Gasteiger partial charge is 0.366 e. The van der Waals surface area contributed by atoms with Crippen molar-refractivity contribution in [3.05, 3.63) is 66.4 Å². The third kappa shape index (κ3) is 9.43. The third-order valence-electron chi connectivity index (χ3n) is 7.51. The van der Waals surface area contributed by atoms with Crippen molar-refractivity contribution in [2.75, 3.05) is 19.6 Å². The first-order valence-corrected chi connectivity index (χ1v) is 14.0. The number of alkyl halides is 3. The second-order valence-corrected chi connectivity index (χ2v) is 10.4. The quantitative estimate of drug-likeness (QED) is 0.385. The Labute approximate surface area is 234 Å². The minimum atomic E-state index is -4.15. The van der Waals surface area contributed by atoms with Crippen LogP contribution in [0, 0.1) is 5.92 Å². The Balaban J connectivity index is 0.000000246. The lowest BCUT2D eigenvalue weighted by molar-refractivity contribution is -0.134. The van der Waals surface area contributed by atoms with Crippen molar-refractivity contribution in [2.45, 2.75) is 70.4 Å². The third-order valence-corrected chi connectivity index (χ3v) is 7.51. The number of halogens is 3. The molecule has 1 amide bonds. The van der Waals surface area contributed by atoms with Gasteiger partial charge in [0.1, 0.15) is 5.82 Å². The summed E-state index contributed by atoms with van der Waals surface area (Å²) in [6.45, 7) is 9.09. The molecule has 7 nitrogen and oxygen atoms in total. The highest BCUT2D eigenvalue weighted by Crippen LogP contribution is 2.27. The number of fused-ring (bicyclic) bond motifs is 2. The van der Waals surface area contributed by atoms with Crippen LogP contribution in [0.2, 0.25) is 0 Å². The molecule has 40 heavy (non-hydrogen) atoms. The van der Waals surface area contributed by atoms with Crippen molar-refractivity contribution in [2.24, 2.45) is 18.7 Å². The van der Waals surface area contributed by atoms with Crippen LogP contribution in [0.1, 0.15) is 72.4 Å². The Morgan fingerprint density at radius 1 is 1.12 bits per heavy atom. The lowest BCUT2D eigenvalue weighted by Gasteiger charge is -2.25. The van der Waals surface area contributed by atoms with Crippen molar-refractivity contribution >= 4 is 16.8 Å². The summed E-state index contributed by atoms with van der Waals surface area (Å²) in [4.78, 5) is 22.1. The highest BCUT2D eigenvalue weighted by atomic mass is 19.4. The first-order chi connectivity index (χ1) is 19.2. The van der Waals surface area contributed by atoms with E-state index in [0.29, 0.717) is 11.4 Å². The molecule has 2 aliphatic rings. The molecule has 0 spiro atoms. The standard InChI is InChI=1S/C19H28F3N3.C9H9N3O.C2H4/c20-19(21,22)10-6-18-23-14-16-8-12-25(13-9-17(16)24-18)11-7-15-4-2-1-3-5-15;1-12-5-7-6(9(10)13)3-2-4-8(7)11-12;1-2/h14-15H,1-13H2;2-5H,1H3,(H2,10,13);1-2H2. The topological polar surface area (TPSA) is 89.9 Å². The maximum Gasteiger partial charge on any atom is 0.389 e. The molecule has 0 atom stereocenters. The predicted octanol–water partition coefficient (Wildman–Crippen LogP) is 5.82. The van der Waals surface area contributed by atoms with Crippen molar-refractivity contribution in [1.82, 2.24) is 24.6 Å². The van der Waals surface area contributed by atoms with Crippen LogP contribution in [0.3, 0.4) is 0 Å². The van der Waals surface area contributed by atoms with Crippen LogP contribution < -0.4 is 5.73 Å². The molecule has 1 aromatic carbocycles. The molecular formula is C30H41F3N6O. The monoisotopic (exact) mass is 558 g/mol. The van der Waals surface area contributed by atoms with Gasteiger partial charge in [0.15, 0.2) is 0 Å². The van der Waals surface area contributed by atoms with Gasteiger partial charge in [0.2, 0.25) is 5.91 Å². The molecular weight excluding hydrogens is 517 g/mol. The lowest BCUT2D eigenvalue weighted by atomic mass is 9.87. The zero-order chi connectivity index (χ0) is 29.1. The Hall–Kier alpha value is -3.27. The fraction of sp³-hybridized carbons (Fsp3) is 0.533. The molecule has 3 aromatic rings. The van der Waals surface area contributed by atoms with Gasteiger partial charge in [0, 0.05) is 56.5 Å². The number of carbonyl (C=O) groups is 1. The van der Waals surface area contributed by atoms with E-state index in [1.165, 1.54) is 38.5 Å². The highest BCUT2D eigenvalue weighted by Gasteiger charge is 2.27. The van der Waals surface area contributed by atoms with Crippen molar-refractivity contribution in [3.8, 4) is 0 Å². The normalized spacial score (nSPS) is 16.2. The number of hydrogen-bond donors (Lipinski definition) is 1. The Morgan fingerprint density at radius 3 is 2.55 bits per heavy atom. The zero-order valence-electron chi connectivity index (χ0n) is 23.4. The molecule has 10 heteroatoms. The van der Waals surface area contributed by atoms with Crippen molar-refractivity contribution in [1.29, 1.82) is 0 Å². The summed E-state index contributed by atoms with van der Waals surface area (Å²) in [5.41, 5.74) is 8.58. The number of aromatic nitrogens is 4. The van der Waals surface area contributed by atoms with Gasteiger partial charge >= 0.3 is 6.18 Å². The lowest BCUT2D eigenvalue weighted by Crippen LogP contribution is -2.29. The van der Waals surface area contributed by atoms with Crippen LogP contribution in [-0.2, 0) is 26.3 Å². The second kappa shape index (κ2) is 14.9. The minimum Gasteiger partial charge on any atom is -0.366 e. The van der Waals surface area contributed by atoms with E-state index in [1.54, 1.807) is 29.2 Å². The van der Waals surface area contributed by atoms with Gasteiger partial charge in [-0.25, -0.2) is 9.97 Å². The van der Waals surface area contributed by atoms with Gasteiger partial charge in [-0.3, -0.25) is 9.48 Å². The molecule has 1 fully saturated rings. The van der Waals surface area contributed by atoms with Crippen LogP contribution in [-0.4, -0.2) is 56.4 Å². The van der Waals surface area contributed by atoms with E-state index in [9.17, 15) is 18.0 Å². The number of carbonyl (C=O) groups excluding carboxylic acids is 1. The molecule has 0 unspecified atom stereocenters. The fourth-order valence-corrected chi connectivity index (χ4v) is 5.38. The van der Waals surface area contributed by atoms with Crippen LogP contribution in [0.15, 0.2) is 43.8 Å². The van der Waals surface area contributed by atoms with E-state index >= 15 is 0 Å². The zero-order valence-corrected chi connectivity index (χ0v) is 23.4. The van der Waals surface area contributed by atoms with Crippen LogP contribution in [0.4, 0.5) is 13.2 Å². The fourth-order valence-electron chi connectivity index (χ4n) is 5.38.